The summed E-state index contributed by atoms with van der Waals surface area (Å²) >= 11 is 0. The first-order valence-corrected chi connectivity index (χ1v) is 8.60. The average molecular weight is 341 g/mol. The zero-order valence-corrected chi connectivity index (χ0v) is 14.9. The Labute approximate surface area is 147 Å². The van der Waals surface area contributed by atoms with E-state index in [1.165, 1.54) is 0 Å². The fourth-order valence-electron chi connectivity index (χ4n) is 3.25. The van der Waals surface area contributed by atoms with E-state index in [9.17, 15) is 9.59 Å². The number of ether oxygens (including phenoxy) is 1. The molecule has 2 heterocycles. The summed E-state index contributed by atoms with van der Waals surface area (Å²) in [5.74, 6) is 0.521. The van der Waals surface area contributed by atoms with E-state index in [0.717, 1.165) is 18.4 Å². The quantitative estimate of drug-likeness (QED) is 0.795. The van der Waals surface area contributed by atoms with Crippen molar-refractivity contribution in [2.45, 2.75) is 39.7 Å². The third-order valence-electron chi connectivity index (χ3n) is 4.73. The van der Waals surface area contributed by atoms with Crippen molar-refractivity contribution in [2.24, 2.45) is 0 Å². The van der Waals surface area contributed by atoms with E-state index in [0.29, 0.717) is 35.7 Å². The van der Waals surface area contributed by atoms with E-state index in [-0.39, 0.29) is 5.91 Å². The zero-order chi connectivity index (χ0) is 18.0. The summed E-state index contributed by atoms with van der Waals surface area (Å²) in [5, 5.41) is 0. The third-order valence-corrected chi connectivity index (χ3v) is 4.73. The highest BCUT2D eigenvalue weighted by Crippen LogP contribution is 2.27. The van der Waals surface area contributed by atoms with Gasteiger partial charge in [0, 0.05) is 24.2 Å². The van der Waals surface area contributed by atoms with Crippen LogP contribution in [0.1, 0.15) is 52.0 Å². The lowest BCUT2D eigenvalue weighted by Gasteiger charge is -2.23. The van der Waals surface area contributed by atoms with Gasteiger partial charge in [-0.25, -0.2) is 4.79 Å². The smallest absolute Gasteiger partial charge is 0.343 e. The van der Waals surface area contributed by atoms with Crippen LogP contribution < -0.4 is 0 Å². The fraction of sp³-hybridized carbons (Fsp3) is 0.400. The van der Waals surface area contributed by atoms with Crippen LogP contribution in [0.25, 0.3) is 0 Å². The highest BCUT2D eigenvalue weighted by atomic mass is 16.5. The second kappa shape index (κ2) is 7.13. The lowest BCUT2D eigenvalue weighted by Crippen LogP contribution is -2.35. The minimum atomic E-state index is -0.930. The third kappa shape index (κ3) is 3.45. The minimum Gasteiger partial charge on any atom is -0.465 e. The van der Waals surface area contributed by atoms with E-state index in [4.69, 9.17) is 9.15 Å². The summed E-state index contributed by atoms with van der Waals surface area (Å²) in [5.41, 5.74) is 1.85. The molecule has 1 aliphatic rings. The predicted octanol–water partition coefficient (Wildman–Crippen LogP) is 3.73. The number of nitrogens with zero attached hydrogens (tertiary/aromatic N) is 1. The van der Waals surface area contributed by atoms with Gasteiger partial charge < -0.3 is 14.1 Å². The maximum atomic E-state index is 12.9. The molecule has 132 valence electrons. The maximum absolute atomic E-state index is 12.9. The number of hydrogen-bond acceptors (Lipinski definition) is 4. The van der Waals surface area contributed by atoms with E-state index >= 15 is 0 Å². The van der Waals surface area contributed by atoms with Crippen molar-refractivity contribution in [3.63, 3.8) is 0 Å². The van der Waals surface area contributed by atoms with Crippen molar-refractivity contribution in [1.29, 1.82) is 0 Å². The van der Waals surface area contributed by atoms with Crippen LogP contribution in [0.5, 0.6) is 0 Å². The molecule has 0 aliphatic carbocycles. The average Bonchev–Trinajstić information content (AvgIpc) is 3.22. The van der Waals surface area contributed by atoms with Crippen molar-refractivity contribution < 1.29 is 18.7 Å². The molecule has 0 bridgehead atoms. The molecular weight excluding hydrogens is 318 g/mol. The van der Waals surface area contributed by atoms with Gasteiger partial charge in [0.15, 0.2) is 0 Å². The molecule has 1 fully saturated rings. The number of furan rings is 1. The van der Waals surface area contributed by atoms with Crippen LogP contribution in [-0.2, 0) is 9.53 Å². The molecule has 1 aromatic heterocycles. The molecule has 5 heteroatoms. The zero-order valence-electron chi connectivity index (χ0n) is 14.9. The number of hydrogen-bond donors (Lipinski definition) is 0. The van der Waals surface area contributed by atoms with Gasteiger partial charge in [0.2, 0.25) is 6.10 Å². The predicted molar refractivity (Wildman–Crippen MR) is 93.3 cm³/mol. The van der Waals surface area contributed by atoms with Crippen molar-refractivity contribution in [2.75, 3.05) is 13.1 Å². The van der Waals surface area contributed by atoms with Gasteiger partial charge in [0.25, 0.3) is 5.91 Å². The SMILES string of the molecule is Cc1oc(C)c(C(=O)OC(C(=O)N2CCCC2)c2ccccc2)c1C. The summed E-state index contributed by atoms with van der Waals surface area (Å²) in [7, 11) is 0. The van der Waals surface area contributed by atoms with Crippen LogP contribution in [0.2, 0.25) is 0 Å². The highest BCUT2D eigenvalue weighted by molar-refractivity contribution is 5.95. The second-order valence-electron chi connectivity index (χ2n) is 6.44. The van der Waals surface area contributed by atoms with Crippen LogP contribution in [0.4, 0.5) is 0 Å². The molecule has 0 saturated carbocycles. The van der Waals surface area contributed by atoms with Crippen LogP contribution in [-0.4, -0.2) is 29.9 Å². The monoisotopic (exact) mass is 341 g/mol. The van der Waals surface area contributed by atoms with Crippen LogP contribution in [0.3, 0.4) is 0 Å². The summed E-state index contributed by atoms with van der Waals surface area (Å²) in [4.78, 5) is 27.4. The molecule has 1 amide bonds. The minimum absolute atomic E-state index is 0.160. The lowest BCUT2D eigenvalue weighted by atomic mass is 10.1. The number of carbonyl (C=O) groups is 2. The molecule has 3 rings (SSSR count). The Balaban J connectivity index is 1.89. The van der Waals surface area contributed by atoms with Gasteiger partial charge in [-0.3, -0.25) is 4.79 Å². The van der Waals surface area contributed by atoms with E-state index in [1.54, 1.807) is 11.8 Å². The van der Waals surface area contributed by atoms with Crippen LogP contribution >= 0.6 is 0 Å². The number of aryl methyl sites for hydroxylation is 2. The molecule has 5 nitrogen and oxygen atoms in total. The number of esters is 1. The summed E-state index contributed by atoms with van der Waals surface area (Å²) in [6.07, 6.45) is 1.04. The number of benzene rings is 1. The largest absolute Gasteiger partial charge is 0.465 e. The van der Waals surface area contributed by atoms with Gasteiger partial charge in [-0.1, -0.05) is 30.3 Å². The Bertz CT molecular complexity index is 772. The first kappa shape index (κ1) is 17.3. The number of amides is 1. The first-order valence-electron chi connectivity index (χ1n) is 8.60. The summed E-state index contributed by atoms with van der Waals surface area (Å²) < 4.78 is 11.2. The van der Waals surface area contributed by atoms with E-state index < -0.39 is 12.1 Å². The number of rotatable bonds is 4. The summed E-state index contributed by atoms with van der Waals surface area (Å²) in [6, 6.07) is 9.17. The molecule has 2 aromatic rings. The molecule has 25 heavy (non-hydrogen) atoms. The van der Waals surface area contributed by atoms with Gasteiger partial charge in [0.1, 0.15) is 17.1 Å². The number of carbonyl (C=O) groups excluding carboxylic acids is 2. The molecular formula is C20H23NO4. The Kier molecular flexibility index (Phi) is 4.93. The Morgan fingerprint density at radius 1 is 1.04 bits per heavy atom. The van der Waals surface area contributed by atoms with Gasteiger partial charge in [-0.15, -0.1) is 0 Å². The topological polar surface area (TPSA) is 59.8 Å². The second-order valence-corrected chi connectivity index (χ2v) is 6.44. The molecule has 1 saturated heterocycles. The molecule has 0 N–H and O–H groups in total. The maximum Gasteiger partial charge on any atom is 0.343 e. The molecule has 1 unspecified atom stereocenters. The normalized spacial score (nSPS) is 15.2. The molecule has 0 radical (unpaired) electrons. The molecule has 0 spiro atoms. The van der Waals surface area contributed by atoms with Crippen molar-refractivity contribution in [3.05, 3.63) is 58.5 Å². The molecule has 1 aliphatic heterocycles. The fourth-order valence-corrected chi connectivity index (χ4v) is 3.25. The molecule has 1 aromatic carbocycles. The Morgan fingerprint density at radius 3 is 2.24 bits per heavy atom. The van der Waals surface area contributed by atoms with E-state index in [2.05, 4.69) is 0 Å². The summed E-state index contributed by atoms with van der Waals surface area (Å²) in [6.45, 7) is 6.78. The van der Waals surface area contributed by atoms with Crippen molar-refractivity contribution in [3.8, 4) is 0 Å². The van der Waals surface area contributed by atoms with Crippen LogP contribution in [0.15, 0.2) is 34.7 Å². The standard InChI is InChI=1S/C20H23NO4/c1-13-14(2)24-15(3)17(13)20(23)25-18(16-9-5-4-6-10-16)19(22)21-11-7-8-12-21/h4-6,9-10,18H,7-8,11-12H2,1-3H3. The number of likely N-dealkylation sites (tertiary alicyclic amines) is 1. The first-order chi connectivity index (χ1) is 12.0. The van der Waals surface area contributed by atoms with Crippen molar-refractivity contribution >= 4 is 11.9 Å². The van der Waals surface area contributed by atoms with E-state index in [1.807, 2.05) is 44.2 Å². The van der Waals surface area contributed by atoms with Crippen LogP contribution in [0, 0.1) is 20.8 Å². The molecule has 1 atom stereocenters. The van der Waals surface area contributed by atoms with Crippen molar-refractivity contribution in [1.82, 2.24) is 4.90 Å². The van der Waals surface area contributed by atoms with Gasteiger partial charge in [-0.05, 0) is 33.6 Å². The highest BCUT2D eigenvalue weighted by Gasteiger charge is 2.32. The van der Waals surface area contributed by atoms with Gasteiger partial charge in [0.05, 0.1) is 0 Å². The van der Waals surface area contributed by atoms with Gasteiger partial charge in [-0.2, -0.15) is 0 Å². The Hall–Kier alpha value is -2.56. The van der Waals surface area contributed by atoms with Gasteiger partial charge >= 0.3 is 5.97 Å². The Morgan fingerprint density at radius 2 is 1.68 bits per heavy atom. The lowest BCUT2D eigenvalue weighted by molar-refractivity contribution is -0.140.